The van der Waals surface area contributed by atoms with Gasteiger partial charge in [0.15, 0.2) is 5.78 Å². The molecule has 298 valence electrons. The monoisotopic (exact) mass is 814 g/mol. The third-order valence-electron chi connectivity index (χ3n) is 8.36. The maximum Gasteiger partial charge on any atom is 0.326 e. The predicted molar refractivity (Wildman–Crippen MR) is 186 cm³/mol. The summed E-state index contributed by atoms with van der Waals surface area (Å²) in [6.45, 7) is 4.69. The first-order chi connectivity index (χ1) is 24.7. The fourth-order valence-corrected chi connectivity index (χ4v) is 5.74. The molecule has 0 spiro atoms. The van der Waals surface area contributed by atoms with Crippen molar-refractivity contribution in [2.45, 2.75) is 106 Å². The Hall–Kier alpha value is -3.56. The lowest BCUT2D eigenvalue weighted by Gasteiger charge is -2.34. The van der Waals surface area contributed by atoms with Crippen LogP contribution in [-0.4, -0.2) is 127 Å². The first-order valence-electron chi connectivity index (χ1n) is 16.4. The molecule has 2 aliphatic rings. The zero-order valence-corrected chi connectivity index (χ0v) is 31.2. The summed E-state index contributed by atoms with van der Waals surface area (Å²) >= 11 is 17.7. The highest BCUT2D eigenvalue weighted by atomic mass is 35.5. The molecule has 1 aliphatic heterocycles. The van der Waals surface area contributed by atoms with Crippen molar-refractivity contribution in [1.82, 2.24) is 26.6 Å². The molecule has 53 heavy (non-hydrogen) atoms. The van der Waals surface area contributed by atoms with Gasteiger partial charge in [0, 0.05) is 23.9 Å². The molecule has 0 aromatic heterocycles. The minimum absolute atomic E-state index is 0.0609. The molecule has 2 unspecified atom stereocenters. The molecular weight excluding hydrogens is 771 g/mol. The van der Waals surface area contributed by atoms with E-state index < -0.39 is 125 Å². The molecule has 2 rings (SSSR count). The summed E-state index contributed by atoms with van der Waals surface area (Å²) in [5.74, 6) is -10.0. The maximum atomic E-state index is 14.0. The van der Waals surface area contributed by atoms with Crippen molar-refractivity contribution in [3.63, 3.8) is 0 Å². The van der Waals surface area contributed by atoms with E-state index in [1.165, 1.54) is 6.92 Å². The Morgan fingerprint density at radius 3 is 2.19 bits per heavy atom. The number of Topliss-reactive ketones (excluding diaryl/α,β-unsaturated/α-hetero) is 1. The Morgan fingerprint density at radius 1 is 1.02 bits per heavy atom. The number of amides is 5. The minimum Gasteiger partial charge on any atom is -0.491 e. The summed E-state index contributed by atoms with van der Waals surface area (Å²) in [6.07, 6.45) is -8.59. The molecule has 1 aliphatic carbocycles. The van der Waals surface area contributed by atoms with E-state index in [0.717, 1.165) is 0 Å². The van der Waals surface area contributed by atoms with E-state index in [9.17, 15) is 59.1 Å². The second kappa shape index (κ2) is 20.8. The standard InChI is InChI=1S/C31H45Cl3N6O13/c1-11(2)23-21(28(47)38-16(10-32)26(45)37-15(30(49)50)8-13-19(53-23)9-18(42)22(13)43)40-27(46)20(17(41)5-4-6-35)39-25(44)14(7-12(3)24(33)34)36-29(48)31(51)52/h10-12,14-15,17-18,20-21,23-24,31,41-42,51-52H,4-9,35H2,1-3H3,(H,36,48)(H,37,45)(H,38,47)(H,39,44)(H,40,46)(H,49,50)/b16-10-/t12?,14-,15-,17+,18?,20-,21-,23-/m0/s1. The lowest BCUT2D eigenvalue weighted by atomic mass is 9.96. The van der Waals surface area contributed by atoms with Gasteiger partial charge in [-0.3, -0.25) is 28.8 Å². The molecule has 0 saturated heterocycles. The SMILES string of the molecule is CC(C[C@H](NC(=O)C(O)O)C(=O)N[C@H](C(=O)N[C@@H]1C(=O)N/C(=C\Cl)C(=O)N[C@H](C(=O)O)CC2=C(CC(O)C2=O)O[C@H]1C(C)C)[C@H](O)CCCN)C(Cl)Cl. The topological polar surface area (TPSA) is 316 Å². The summed E-state index contributed by atoms with van der Waals surface area (Å²) in [7, 11) is 0. The van der Waals surface area contributed by atoms with Crippen LogP contribution in [0.5, 0.6) is 0 Å². The molecular formula is C31H45Cl3N6O13. The second-order valence-electron chi connectivity index (χ2n) is 12.8. The maximum absolute atomic E-state index is 14.0. The van der Waals surface area contributed by atoms with Gasteiger partial charge >= 0.3 is 5.97 Å². The van der Waals surface area contributed by atoms with Gasteiger partial charge in [-0.15, -0.1) is 23.2 Å². The van der Waals surface area contributed by atoms with Gasteiger partial charge in [-0.25, -0.2) is 4.79 Å². The van der Waals surface area contributed by atoms with E-state index >= 15 is 0 Å². The number of carboxylic acid groups (broad SMARTS) is 1. The molecule has 0 bridgehead atoms. The molecule has 0 aromatic carbocycles. The average molecular weight is 816 g/mol. The van der Waals surface area contributed by atoms with E-state index in [0.29, 0.717) is 5.54 Å². The van der Waals surface area contributed by atoms with Crippen molar-refractivity contribution in [1.29, 1.82) is 0 Å². The highest BCUT2D eigenvalue weighted by Crippen LogP contribution is 2.31. The molecule has 0 fully saturated rings. The van der Waals surface area contributed by atoms with E-state index in [4.69, 9.17) is 45.3 Å². The van der Waals surface area contributed by atoms with Crippen molar-refractivity contribution in [2.24, 2.45) is 17.6 Å². The summed E-state index contributed by atoms with van der Waals surface area (Å²) in [5, 5.41) is 61.0. The Labute approximate surface area is 319 Å². The lowest BCUT2D eigenvalue weighted by molar-refractivity contribution is -0.150. The van der Waals surface area contributed by atoms with Crippen LogP contribution in [0.4, 0.5) is 0 Å². The number of carbonyl (C=O) groups is 7. The molecule has 22 heteroatoms. The quantitative estimate of drug-likeness (QED) is 0.0462. The molecule has 8 atom stereocenters. The lowest BCUT2D eigenvalue weighted by Crippen LogP contribution is -2.63. The fourth-order valence-electron chi connectivity index (χ4n) is 5.38. The number of rotatable bonds is 15. The largest absolute Gasteiger partial charge is 0.491 e. The van der Waals surface area contributed by atoms with Crippen molar-refractivity contribution in [2.75, 3.05) is 6.54 Å². The Bertz CT molecular complexity index is 1460. The van der Waals surface area contributed by atoms with Gasteiger partial charge in [-0.2, -0.15) is 0 Å². The van der Waals surface area contributed by atoms with Crippen LogP contribution in [0.1, 0.15) is 52.9 Å². The molecule has 0 aromatic rings. The smallest absolute Gasteiger partial charge is 0.326 e. The number of aliphatic carboxylic acids is 1. The van der Waals surface area contributed by atoms with E-state index in [2.05, 4.69) is 26.6 Å². The van der Waals surface area contributed by atoms with Gasteiger partial charge in [-0.05, 0) is 37.6 Å². The van der Waals surface area contributed by atoms with Crippen molar-refractivity contribution in [3.8, 4) is 0 Å². The van der Waals surface area contributed by atoms with Gasteiger partial charge in [-0.1, -0.05) is 32.4 Å². The first-order valence-corrected chi connectivity index (χ1v) is 17.7. The Balaban J connectivity index is 2.64. The number of carbonyl (C=O) groups excluding carboxylic acids is 6. The number of aliphatic hydroxyl groups is 4. The summed E-state index contributed by atoms with van der Waals surface area (Å²) in [6, 6.07) is -6.97. The molecule has 12 N–H and O–H groups in total. The van der Waals surface area contributed by atoms with Crippen LogP contribution in [-0.2, 0) is 38.3 Å². The normalized spacial score (nSPS) is 24.3. The van der Waals surface area contributed by atoms with Crippen molar-refractivity contribution < 1.29 is 63.8 Å². The van der Waals surface area contributed by atoms with Crippen LogP contribution in [0.15, 0.2) is 22.6 Å². The van der Waals surface area contributed by atoms with Gasteiger partial charge in [0.25, 0.3) is 17.7 Å². The minimum atomic E-state index is -2.53. The highest BCUT2D eigenvalue weighted by molar-refractivity contribution is 6.44. The number of halogens is 3. The van der Waals surface area contributed by atoms with Crippen LogP contribution >= 0.6 is 34.8 Å². The number of hydrogen-bond donors (Lipinski definition) is 11. The van der Waals surface area contributed by atoms with Crippen LogP contribution in [0.2, 0.25) is 0 Å². The zero-order valence-electron chi connectivity index (χ0n) is 28.9. The number of ether oxygens (including phenoxy) is 1. The molecule has 1 heterocycles. The molecule has 5 amide bonds. The Morgan fingerprint density at radius 2 is 1.66 bits per heavy atom. The van der Waals surface area contributed by atoms with Gasteiger partial charge in [0.2, 0.25) is 18.1 Å². The van der Waals surface area contributed by atoms with Crippen LogP contribution in [0.3, 0.4) is 0 Å². The Kier molecular flexibility index (Phi) is 17.9. The summed E-state index contributed by atoms with van der Waals surface area (Å²) < 4.78 is 6.09. The highest BCUT2D eigenvalue weighted by Gasteiger charge is 2.43. The first kappa shape index (κ1) is 45.6. The summed E-state index contributed by atoms with van der Waals surface area (Å²) in [5.41, 5.74) is 5.26. The van der Waals surface area contributed by atoms with Crippen molar-refractivity contribution >= 4 is 76.1 Å². The van der Waals surface area contributed by atoms with Gasteiger partial charge in [0.05, 0.1) is 6.10 Å². The van der Waals surface area contributed by atoms with E-state index in [1.807, 2.05) is 0 Å². The number of ketones is 1. The van der Waals surface area contributed by atoms with E-state index in [-0.39, 0.29) is 37.1 Å². The molecule has 0 saturated carbocycles. The van der Waals surface area contributed by atoms with Crippen LogP contribution in [0, 0.1) is 11.8 Å². The number of alkyl halides is 2. The summed E-state index contributed by atoms with van der Waals surface area (Å²) in [4.78, 5) is 90.5. The van der Waals surface area contributed by atoms with Gasteiger partial charge in [0.1, 0.15) is 52.7 Å². The zero-order chi connectivity index (χ0) is 40.3. The number of carboxylic acids is 1. The molecule has 19 nitrogen and oxygen atoms in total. The number of aliphatic hydroxyl groups excluding tert-OH is 3. The van der Waals surface area contributed by atoms with Gasteiger partial charge < -0.3 is 62.6 Å². The van der Waals surface area contributed by atoms with Crippen LogP contribution < -0.4 is 32.3 Å². The third kappa shape index (κ3) is 12.8. The second-order valence-corrected chi connectivity index (χ2v) is 14.2. The average Bonchev–Trinajstić information content (AvgIpc) is 3.34. The number of hydrogen-bond acceptors (Lipinski definition) is 13. The fraction of sp³-hybridized carbons (Fsp3) is 0.645. The predicted octanol–water partition coefficient (Wildman–Crippen LogP) is -2.52. The molecule has 0 radical (unpaired) electrons. The van der Waals surface area contributed by atoms with E-state index in [1.54, 1.807) is 13.8 Å². The number of nitrogens with two attached hydrogens (primary N) is 1. The number of nitrogens with one attached hydrogen (secondary N) is 5. The van der Waals surface area contributed by atoms with Crippen molar-refractivity contribution in [3.05, 3.63) is 22.6 Å². The third-order valence-corrected chi connectivity index (χ3v) is 9.44. The van der Waals surface area contributed by atoms with Crippen LogP contribution in [0.25, 0.3) is 0 Å².